The van der Waals surface area contributed by atoms with Crippen LogP contribution in [0.2, 0.25) is 0 Å². The Morgan fingerprint density at radius 1 is 1.16 bits per heavy atom. The molecule has 102 valence electrons. The van der Waals surface area contributed by atoms with E-state index in [0.717, 1.165) is 13.1 Å². The average molecular weight is 257 g/mol. The maximum Gasteiger partial charge on any atom is 0.0952 e. The molecule has 1 aromatic heterocycles. The molecule has 2 aromatic rings. The fourth-order valence-corrected chi connectivity index (χ4v) is 2.78. The first kappa shape index (κ1) is 13.8. The molecule has 0 unspecified atom stereocenters. The van der Waals surface area contributed by atoms with Crippen LogP contribution in [0.25, 0.3) is 0 Å². The molecule has 0 aliphatic rings. The Morgan fingerprint density at radius 3 is 2.37 bits per heavy atom. The minimum Gasteiger partial charge on any atom is -0.328 e. The first-order valence-corrected chi connectivity index (χ1v) is 7.04. The molecule has 3 nitrogen and oxygen atoms in total. The molecule has 0 aliphatic carbocycles. The normalized spacial score (nSPS) is 14.5. The van der Waals surface area contributed by atoms with E-state index in [0.29, 0.717) is 12.1 Å². The Bertz CT molecular complexity index is 460. The molecule has 2 atom stereocenters. The van der Waals surface area contributed by atoms with Crippen LogP contribution in [-0.4, -0.2) is 33.6 Å². The molecule has 1 heterocycles. The van der Waals surface area contributed by atoms with Gasteiger partial charge in [0, 0.05) is 18.4 Å². The summed E-state index contributed by atoms with van der Waals surface area (Å²) in [5, 5.41) is 0. The summed E-state index contributed by atoms with van der Waals surface area (Å²) >= 11 is 0. The second-order valence-corrected chi connectivity index (χ2v) is 4.83. The lowest BCUT2D eigenvalue weighted by Crippen LogP contribution is -2.39. The summed E-state index contributed by atoms with van der Waals surface area (Å²) in [7, 11) is 0. The van der Waals surface area contributed by atoms with Crippen molar-refractivity contribution < 1.29 is 0 Å². The summed E-state index contributed by atoms with van der Waals surface area (Å²) in [5.74, 6) is 0. The van der Waals surface area contributed by atoms with E-state index in [2.05, 4.69) is 71.8 Å². The van der Waals surface area contributed by atoms with Crippen molar-refractivity contribution in [1.82, 2.24) is 14.5 Å². The van der Waals surface area contributed by atoms with E-state index in [1.165, 1.54) is 5.56 Å². The third-order valence-electron chi connectivity index (χ3n) is 3.83. The van der Waals surface area contributed by atoms with Gasteiger partial charge in [-0.2, -0.15) is 0 Å². The lowest BCUT2D eigenvalue weighted by atomic mass is 9.99. The zero-order valence-electron chi connectivity index (χ0n) is 12.0. The zero-order valence-corrected chi connectivity index (χ0v) is 12.0. The second-order valence-electron chi connectivity index (χ2n) is 4.83. The fourth-order valence-electron chi connectivity index (χ4n) is 2.78. The van der Waals surface area contributed by atoms with Crippen molar-refractivity contribution in [2.24, 2.45) is 0 Å². The summed E-state index contributed by atoms with van der Waals surface area (Å²) in [6.45, 7) is 8.86. The van der Waals surface area contributed by atoms with Crippen LogP contribution >= 0.6 is 0 Å². The Hall–Kier alpha value is -1.61. The first-order valence-electron chi connectivity index (χ1n) is 7.04. The molecule has 0 radical (unpaired) electrons. The van der Waals surface area contributed by atoms with Gasteiger partial charge in [-0.05, 0) is 25.6 Å². The van der Waals surface area contributed by atoms with Crippen molar-refractivity contribution >= 4 is 0 Å². The van der Waals surface area contributed by atoms with E-state index < -0.39 is 0 Å². The molecule has 1 aromatic carbocycles. The zero-order chi connectivity index (χ0) is 13.7. The molecule has 19 heavy (non-hydrogen) atoms. The van der Waals surface area contributed by atoms with Crippen LogP contribution in [0.1, 0.15) is 32.4 Å². The van der Waals surface area contributed by atoms with Gasteiger partial charge in [-0.1, -0.05) is 44.2 Å². The quantitative estimate of drug-likeness (QED) is 0.792. The first-order chi connectivity index (χ1) is 9.27. The van der Waals surface area contributed by atoms with E-state index in [4.69, 9.17) is 0 Å². The van der Waals surface area contributed by atoms with Gasteiger partial charge in [0.15, 0.2) is 0 Å². The summed E-state index contributed by atoms with van der Waals surface area (Å²) < 4.78 is 2.21. The number of benzene rings is 1. The number of nitrogens with zero attached hydrogens (tertiary/aromatic N) is 3. The predicted octanol–water partition coefficient (Wildman–Crippen LogP) is 3.20. The van der Waals surface area contributed by atoms with Crippen LogP contribution in [-0.2, 0) is 0 Å². The van der Waals surface area contributed by atoms with Crippen molar-refractivity contribution in [3.63, 3.8) is 0 Å². The van der Waals surface area contributed by atoms with E-state index in [-0.39, 0.29) is 0 Å². The van der Waals surface area contributed by atoms with Crippen molar-refractivity contribution in [2.45, 2.75) is 32.9 Å². The lowest BCUT2D eigenvalue weighted by molar-refractivity contribution is 0.189. The summed E-state index contributed by atoms with van der Waals surface area (Å²) in [5.41, 5.74) is 1.33. The number of imidazole rings is 1. The predicted molar refractivity (Wildman–Crippen MR) is 79.2 cm³/mol. The second kappa shape index (κ2) is 6.53. The highest BCUT2D eigenvalue weighted by Crippen LogP contribution is 2.25. The molecular weight excluding hydrogens is 234 g/mol. The van der Waals surface area contributed by atoms with Crippen LogP contribution in [0, 0.1) is 0 Å². The Morgan fingerprint density at radius 2 is 1.84 bits per heavy atom. The van der Waals surface area contributed by atoms with Gasteiger partial charge in [-0.15, -0.1) is 0 Å². The SMILES string of the molecule is CCN(CC)[C@H](C)[C@H](c1ccccc1)n1ccnc1. The van der Waals surface area contributed by atoms with E-state index in [1.54, 1.807) is 0 Å². The Balaban J connectivity index is 2.35. The lowest BCUT2D eigenvalue weighted by Gasteiger charge is -2.34. The number of hydrogen-bond donors (Lipinski definition) is 0. The topological polar surface area (TPSA) is 21.1 Å². The molecule has 0 saturated heterocycles. The van der Waals surface area contributed by atoms with Gasteiger partial charge >= 0.3 is 0 Å². The molecule has 0 N–H and O–H groups in total. The molecule has 0 aliphatic heterocycles. The molecule has 0 spiro atoms. The minimum atomic E-state index is 0.309. The van der Waals surface area contributed by atoms with Gasteiger partial charge in [0.2, 0.25) is 0 Å². The van der Waals surface area contributed by atoms with Crippen molar-refractivity contribution in [1.29, 1.82) is 0 Å². The number of aromatic nitrogens is 2. The van der Waals surface area contributed by atoms with Gasteiger partial charge in [0.05, 0.1) is 12.4 Å². The van der Waals surface area contributed by atoms with Gasteiger partial charge in [0.1, 0.15) is 0 Å². The smallest absolute Gasteiger partial charge is 0.0952 e. The van der Waals surface area contributed by atoms with Crippen molar-refractivity contribution in [3.8, 4) is 0 Å². The fraction of sp³-hybridized carbons (Fsp3) is 0.438. The highest BCUT2D eigenvalue weighted by Gasteiger charge is 2.24. The van der Waals surface area contributed by atoms with Crippen LogP contribution in [0.4, 0.5) is 0 Å². The van der Waals surface area contributed by atoms with E-state index >= 15 is 0 Å². The third-order valence-corrected chi connectivity index (χ3v) is 3.83. The van der Waals surface area contributed by atoms with Gasteiger partial charge < -0.3 is 4.57 Å². The highest BCUT2D eigenvalue weighted by molar-refractivity contribution is 5.21. The van der Waals surface area contributed by atoms with E-state index in [1.807, 2.05) is 12.5 Å². The maximum atomic E-state index is 4.21. The molecule has 0 bridgehead atoms. The van der Waals surface area contributed by atoms with Gasteiger partial charge in [-0.3, -0.25) is 4.90 Å². The van der Waals surface area contributed by atoms with Crippen LogP contribution < -0.4 is 0 Å². The summed E-state index contributed by atoms with van der Waals surface area (Å²) in [4.78, 5) is 6.69. The molecular formula is C16H23N3. The average Bonchev–Trinajstić information content (AvgIpc) is 2.95. The van der Waals surface area contributed by atoms with E-state index in [9.17, 15) is 0 Å². The monoisotopic (exact) mass is 257 g/mol. The van der Waals surface area contributed by atoms with Crippen molar-refractivity contribution in [3.05, 3.63) is 54.6 Å². The number of hydrogen-bond acceptors (Lipinski definition) is 2. The third kappa shape index (κ3) is 3.04. The molecule has 0 saturated carbocycles. The van der Waals surface area contributed by atoms with Gasteiger partial charge in [0.25, 0.3) is 0 Å². The molecule has 3 heteroatoms. The van der Waals surface area contributed by atoms with Crippen LogP contribution in [0.3, 0.4) is 0 Å². The van der Waals surface area contributed by atoms with Crippen LogP contribution in [0.5, 0.6) is 0 Å². The maximum absolute atomic E-state index is 4.21. The summed E-state index contributed by atoms with van der Waals surface area (Å²) in [6.07, 6.45) is 5.82. The largest absolute Gasteiger partial charge is 0.328 e. The Kier molecular flexibility index (Phi) is 4.74. The molecule has 0 fully saturated rings. The highest BCUT2D eigenvalue weighted by atomic mass is 15.2. The molecule has 0 amide bonds. The Labute approximate surface area is 115 Å². The standard InChI is InChI=1S/C16H23N3/c1-4-18(5-2)14(3)16(19-12-11-17-13-19)15-9-7-6-8-10-15/h6-14,16H,4-5H2,1-3H3/t14-,16-/m1/s1. The number of likely N-dealkylation sites (N-methyl/N-ethyl adjacent to an activating group) is 1. The minimum absolute atomic E-state index is 0.309. The van der Waals surface area contributed by atoms with Crippen molar-refractivity contribution in [2.75, 3.05) is 13.1 Å². The van der Waals surface area contributed by atoms with Gasteiger partial charge in [-0.25, -0.2) is 4.98 Å². The van der Waals surface area contributed by atoms with Crippen LogP contribution in [0.15, 0.2) is 49.1 Å². The summed E-state index contributed by atoms with van der Waals surface area (Å²) in [6, 6.07) is 11.4. The molecule has 2 rings (SSSR count). The number of rotatable bonds is 6.